The maximum absolute atomic E-state index is 10.5. The third-order valence-corrected chi connectivity index (χ3v) is 5.12. The van der Waals surface area contributed by atoms with E-state index in [9.17, 15) is 15.0 Å². The number of carboxylic acid groups (broad SMARTS) is 1. The van der Waals surface area contributed by atoms with E-state index in [1.54, 1.807) is 0 Å². The molecule has 0 saturated heterocycles. The summed E-state index contributed by atoms with van der Waals surface area (Å²) in [4.78, 5) is 10.5. The highest BCUT2D eigenvalue weighted by Crippen LogP contribution is 2.36. The van der Waals surface area contributed by atoms with Crippen LogP contribution in [0.3, 0.4) is 0 Å². The van der Waals surface area contributed by atoms with Crippen LogP contribution in [-0.2, 0) is 4.79 Å². The average molecular weight is 353 g/mol. The molecular formula is C21H36O4. The van der Waals surface area contributed by atoms with Gasteiger partial charge in [-0.1, -0.05) is 63.3 Å². The summed E-state index contributed by atoms with van der Waals surface area (Å²) < 4.78 is 0. The third-order valence-electron chi connectivity index (χ3n) is 5.12. The molecule has 0 amide bonds. The van der Waals surface area contributed by atoms with Crippen molar-refractivity contribution in [2.45, 2.75) is 89.8 Å². The van der Waals surface area contributed by atoms with Gasteiger partial charge in [0, 0.05) is 6.42 Å². The largest absolute Gasteiger partial charge is 0.481 e. The van der Waals surface area contributed by atoms with E-state index in [1.165, 1.54) is 25.7 Å². The molecule has 144 valence electrons. The van der Waals surface area contributed by atoms with E-state index in [0.717, 1.165) is 32.1 Å². The van der Waals surface area contributed by atoms with Crippen LogP contribution in [0.2, 0.25) is 0 Å². The molecule has 0 heterocycles. The second-order valence-corrected chi connectivity index (χ2v) is 7.27. The van der Waals surface area contributed by atoms with Crippen LogP contribution in [0, 0.1) is 11.8 Å². The molecule has 0 aliphatic heterocycles. The van der Waals surface area contributed by atoms with Crippen LogP contribution in [0.25, 0.3) is 0 Å². The van der Waals surface area contributed by atoms with Gasteiger partial charge in [-0.2, -0.15) is 0 Å². The summed E-state index contributed by atoms with van der Waals surface area (Å²) >= 11 is 0. The number of aliphatic hydroxyl groups excluding tert-OH is 2. The van der Waals surface area contributed by atoms with Crippen molar-refractivity contribution in [3.63, 3.8) is 0 Å². The molecule has 4 unspecified atom stereocenters. The second kappa shape index (κ2) is 13.1. The normalized spacial score (nSPS) is 25.2. The van der Waals surface area contributed by atoms with Crippen LogP contribution in [0.4, 0.5) is 0 Å². The van der Waals surface area contributed by atoms with Crippen molar-refractivity contribution in [3.8, 4) is 0 Å². The first-order valence-corrected chi connectivity index (χ1v) is 9.95. The van der Waals surface area contributed by atoms with Gasteiger partial charge in [-0.15, -0.1) is 0 Å². The molecular weight excluding hydrogens is 316 g/mol. The molecule has 1 rings (SSSR count). The lowest BCUT2D eigenvalue weighted by Gasteiger charge is -2.18. The molecule has 4 atom stereocenters. The molecule has 1 aliphatic rings. The zero-order valence-corrected chi connectivity index (χ0v) is 15.6. The Labute approximate surface area is 152 Å². The highest BCUT2D eigenvalue weighted by atomic mass is 16.4. The Bertz CT molecular complexity index is 416. The fourth-order valence-corrected chi connectivity index (χ4v) is 3.55. The molecule has 4 nitrogen and oxygen atoms in total. The molecule has 0 aromatic heterocycles. The summed E-state index contributed by atoms with van der Waals surface area (Å²) in [6.45, 7) is 2.20. The Kier molecular flexibility index (Phi) is 11.5. The standard InChI is InChI=1S/C21H36O4/c1-2-3-4-5-7-10-18(22)15-13-17-14-16-20(23)19(17)11-8-6-9-12-21(24)25/h6,8,13,15,17-20,22-23H,2-5,7,9-12,14,16H2,1H3,(H,24,25)/b8-6+,15-13+. The minimum Gasteiger partial charge on any atom is -0.481 e. The first-order valence-electron chi connectivity index (χ1n) is 9.95. The van der Waals surface area contributed by atoms with Gasteiger partial charge < -0.3 is 15.3 Å². The Morgan fingerprint density at radius 3 is 2.64 bits per heavy atom. The molecule has 3 N–H and O–H groups in total. The number of aliphatic carboxylic acids is 1. The van der Waals surface area contributed by atoms with Crippen LogP contribution in [-0.4, -0.2) is 33.5 Å². The topological polar surface area (TPSA) is 77.8 Å². The Morgan fingerprint density at radius 1 is 1.16 bits per heavy atom. The van der Waals surface area contributed by atoms with Gasteiger partial charge in [-0.05, 0) is 43.9 Å². The fraction of sp³-hybridized carbons (Fsp3) is 0.762. The summed E-state index contributed by atoms with van der Waals surface area (Å²) in [5.74, 6) is -0.307. The fourth-order valence-electron chi connectivity index (χ4n) is 3.55. The predicted molar refractivity (Wildman–Crippen MR) is 101 cm³/mol. The van der Waals surface area contributed by atoms with Gasteiger partial charge in [0.15, 0.2) is 0 Å². The lowest BCUT2D eigenvalue weighted by molar-refractivity contribution is -0.136. The maximum Gasteiger partial charge on any atom is 0.303 e. The van der Waals surface area contributed by atoms with E-state index < -0.39 is 5.97 Å². The first-order chi connectivity index (χ1) is 12.0. The van der Waals surface area contributed by atoms with Crippen LogP contribution in [0.15, 0.2) is 24.3 Å². The number of hydrogen-bond donors (Lipinski definition) is 3. The van der Waals surface area contributed by atoms with Gasteiger partial charge in [0.2, 0.25) is 0 Å². The molecule has 0 spiro atoms. The van der Waals surface area contributed by atoms with Crippen molar-refractivity contribution < 1.29 is 20.1 Å². The van der Waals surface area contributed by atoms with Crippen LogP contribution < -0.4 is 0 Å². The zero-order valence-electron chi connectivity index (χ0n) is 15.6. The Hall–Kier alpha value is -1.13. The summed E-state index contributed by atoms with van der Waals surface area (Å²) in [5.41, 5.74) is 0. The van der Waals surface area contributed by atoms with Gasteiger partial charge in [0.25, 0.3) is 0 Å². The molecule has 0 aromatic carbocycles. The SMILES string of the molecule is CCCCCCCC(O)/C=C/C1CCC(O)C1C/C=C/CCC(=O)O. The van der Waals surface area contributed by atoms with Crippen molar-refractivity contribution >= 4 is 5.97 Å². The molecule has 0 aromatic rings. The number of hydrogen-bond acceptors (Lipinski definition) is 3. The quantitative estimate of drug-likeness (QED) is 0.338. The Morgan fingerprint density at radius 2 is 1.92 bits per heavy atom. The van der Waals surface area contributed by atoms with Gasteiger partial charge in [0.05, 0.1) is 12.2 Å². The monoisotopic (exact) mass is 352 g/mol. The number of allylic oxidation sites excluding steroid dienone is 3. The van der Waals surface area contributed by atoms with E-state index in [-0.39, 0.29) is 24.5 Å². The molecule has 1 saturated carbocycles. The highest BCUT2D eigenvalue weighted by molar-refractivity contribution is 5.66. The second-order valence-electron chi connectivity index (χ2n) is 7.27. The van der Waals surface area contributed by atoms with Gasteiger partial charge in [-0.25, -0.2) is 0 Å². The number of aliphatic hydroxyl groups is 2. The number of rotatable bonds is 13. The van der Waals surface area contributed by atoms with Crippen molar-refractivity contribution in [1.29, 1.82) is 0 Å². The Balaban J connectivity index is 2.32. The number of carbonyl (C=O) groups is 1. The number of unbranched alkanes of at least 4 members (excludes halogenated alkanes) is 4. The molecule has 0 radical (unpaired) electrons. The van der Waals surface area contributed by atoms with Crippen LogP contribution >= 0.6 is 0 Å². The summed E-state index contributed by atoms with van der Waals surface area (Å²) in [5, 5.41) is 28.9. The van der Waals surface area contributed by atoms with E-state index in [1.807, 2.05) is 18.2 Å². The average Bonchev–Trinajstić information content (AvgIpc) is 2.92. The van der Waals surface area contributed by atoms with Crippen molar-refractivity contribution in [2.24, 2.45) is 11.8 Å². The van der Waals surface area contributed by atoms with E-state index in [2.05, 4.69) is 13.0 Å². The summed E-state index contributed by atoms with van der Waals surface area (Å²) in [6.07, 6.45) is 17.2. The van der Waals surface area contributed by atoms with Crippen molar-refractivity contribution in [1.82, 2.24) is 0 Å². The minimum absolute atomic E-state index is 0.150. The van der Waals surface area contributed by atoms with Gasteiger partial charge in [-0.3, -0.25) is 4.79 Å². The molecule has 4 heteroatoms. The van der Waals surface area contributed by atoms with E-state index >= 15 is 0 Å². The van der Waals surface area contributed by atoms with Gasteiger partial charge >= 0.3 is 5.97 Å². The molecule has 1 fully saturated rings. The van der Waals surface area contributed by atoms with E-state index in [0.29, 0.717) is 12.3 Å². The van der Waals surface area contributed by atoms with Crippen LogP contribution in [0.5, 0.6) is 0 Å². The molecule has 0 bridgehead atoms. The smallest absolute Gasteiger partial charge is 0.303 e. The lowest BCUT2D eigenvalue weighted by atomic mass is 9.90. The first kappa shape index (κ1) is 21.9. The summed E-state index contributed by atoms with van der Waals surface area (Å²) in [7, 11) is 0. The maximum atomic E-state index is 10.5. The van der Waals surface area contributed by atoms with Gasteiger partial charge in [0.1, 0.15) is 0 Å². The van der Waals surface area contributed by atoms with Crippen molar-refractivity contribution in [3.05, 3.63) is 24.3 Å². The summed E-state index contributed by atoms with van der Waals surface area (Å²) in [6, 6.07) is 0. The van der Waals surface area contributed by atoms with E-state index in [4.69, 9.17) is 5.11 Å². The van der Waals surface area contributed by atoms with Crippen molar-refractivity contribution in [2.75, 3.05) is 0 Å². The molecule has 1 aliphatic carbocycles. The third kappa shape index (κ3) is 9.81. The minimum atomic E-state index is -0.782. The van der Waals surface area contributed by atoms with Crippen LogP contribution in [0.1, 0.15) is 77.6 Å². The predicted octanol–water partition coefficient (Wildman–Crippen LogP) is 4.46. The number of carboxylic acids is 1. The molecule has 25 heavy (non-hydrogen) atoms. The highest BCUT2D eigenvalue weighted by Gasteiger charge is 2.32. The lowest BCUT2D eigenvalue weighted by Crippen LogP contribution is -2.17. The zero-order chi connectivity index (χ0) is 18.5.